The molecule has 0 bridgehead atoms. The second kappa shape index (κ2) is 15.7. The fourth-order valence-electron chi connectivity index (χ4n) is 2.66. The lowest BCUT2D eigenvalue weighted by Gasteiger charge is -2.10. The average Bonchev–Trinajstić information content (AvgIpc) is 2.65. The van der Waals surface area contributed by atoms with Crippen LogP contribution in [0.2, 0.25) is 0 Å². The van der Waals surface area contributed by atoms with E-state index in [0.29, 0.717) is 12.8 Å². The molecule has 0 aromatic carbocycles. The van der Waals surface area contributed by atoms with Crippen molar-refractivity contribution in [3.05, 3.63) is 72.9 Å². The van der Waals surface area contributed by atoms with E-state index < -0.39 is 18.3 Å². The van der Waals surface area contributed by atoms with Crippen molar-refractivity contribution >= 4 is 5.97 Å². The molecule has 5 heteroatoms. The molecule has 0 aliphatic carbocycles. The van der Waals surface area contributed by atoms with Gasteiger partial charge in [-0.15, -0.1) is 0 Å². The highest BCUT2D eigenvalue weighted by molar-refractivity contribution is 5.82. The van der Waals surface area contributed by atoms with Crippen LogP contribution >= 0.6 is 0 Å². The van der Waals surface area contributed by atoms with E-state index in [4.69, 9.17) is 4.74 Å². The summed E-state index contributed by atoms with van der Waals surface area (Å²) >= 11 is 0. The fourth-order valence-corrected chi connectivity index (χ4v) is 2.66. The Balaban J connectivity index is 2.66. The first kappa shape index (κ1) is 24.8. The number of hydrogen-bond acceptors (Lipinski definition) is 5. The molecule has 0 unspecified atom stereocenters. The van der Waals surface area contributed by atoms with Gasteiger partial charge in [0.2, 0.25) is 0 Å². The molecule has 0 fully saturated rings. The maximum atomic E-state index is 11.7. The van der Waals surface area contributed by atoms with Crippen molar-refractivity contribution in [2.24, 2.45) is 0 Å². The molecule has 0 saturated heterocycles. The predicted octanol–water partition coefficient (Wildman–Crippen LogP) is 3.69. The number of carbonyl (C=O) groups excluding carboxylic acids is 1. The summed E-state index contributed by atoms with van der Waals surface area (Å²) in [5, 5.41) is 29.8. The number of allylic oxidation sites excluding steroid dienone is 7. The van der Waals surface area contributed by atoms with Crippen LogP contribution in [0.1, 0.15) is 45.4 Å². The van der Waals surface area contributed by atoms with E-state index in [-0.39, 0.29) is 18.5 Å². The van der Waals surface area contributed by atoms with Gasteiger partial charge in [0.25, 0.3) is 0 Å². The molecule has 0 spiro atoms. The first-order chi connectivity index (χ1) is 14.0. The quantitative estimate of drug-likeness (QED) is 0.538. The van der Waals surface area contributed by atoms with Gasteiger partial charge in [-0.3, -0.25) is 0 Å². The third-order valence-corrected chi connectivity index (χ3v) is 4.24. The molecule has 0 saturated carbocycles. The molecule has 0 aromatic rings. The molecule has 1 aliphatic heterocycles. The summed E-state index contributed by atoms with van der Waals surface area (Å²) in [7, 11) is 0. The Labute approximate surface area is 174 Å². The van der Waals surface area contributed by atoms with Crippen LogP contribution in [0.5, 0.6) is 0 Å². The summed E-state index contributed by atoms with van der Waals surface area (Å²) in [4.78, 5) is 11.7. The number of cyclic esters (lactones) is 1. The van der Waals surface area contributed by atoms with Crippen molar-refractivity contribution in [3.63, 3.8) is 0 Å². The van der Waals surface area contributed by atoms with Gasteiger partial charge in [0.15, 0.2) is 0 Å². The summed E-state index contributed by atoms with van der Waals surface area (Å²) in [5.74, 6) is -0.378. The van der Waals surface area contributed by atoms with Crippen molar-refractivity contribution in [2.75, 3.05) is 0 Å². The Morgan fingerprint density at radius 1 is 0.862 bits per heavy atom. The molecular formula is C24H34O5. The van der Waals surface area contributed by atoms with Crippen LogP contribution in [0.4, 0.5) is 0 Å². The topological polar surface area (TPSA) is 87.0 Å². The number of esters is 1. The molecule has 5 nitrogen and oxygen atoms in total. The van der Waals surface area contributed by atoms with E-state index in [1.54, 1.807) is 54.7 Å². The molecule has 1 heterocycles. The molecule has 0 aromatic heterocycles. The Morgan fingerprint density at radius 3 is 2.31 bits per heavy atom. The molecule has 0 radical (unpaired) electrons. The summed E-state index contributed by atoms with van der Waals surface area (Å²) in [6, 6.07) is 0. The van der Waals surface area contributed by atoms with Crippen molar-refractivity contribution in [2.45, 2.75) is 69.9 Å². The number of aliphatic hydroxyl groups is 3. The van der Waals surface area contributed by atoms with Crippen LogP contribution in [0.15, 0.2) is 72.9 Å². The molecule has 3 N–H and O–H groups in total. The molecule has 1 rings (SSSR count). The maximum absolute atomic E-state index is 11.7. The lowest BCUT2D eigenvalue weighted by Crippen LogP contribution is -2.14. The van der Waals surface area contributed by atoms with Crippen molar-refractivity contribution < 1.29 is 24.9 Å². The number of aliphatic hydroxyl groups excluding tert-OH is 3. The van der Waals surface area contributed by atoms with E-state index in [9.17, 15) is 20.1 Å². The highest BCUT2D eigenvalue weighted by Crippen LogP contribution is 2.08. The van der Waals surface area contributed by atoms with E-state index in [1.807, 2.05) is 19.1 Å². The first-order valence-electron chi connectivity index (χ1n) is 10.2. The molecule has 160 valence electrons. The normalized spacial score (nSPS) is 32.1. The minimum atomic E-state index is -0.703. The van der Waals surface area contributed by atoms with Crippen molar-refractivity contribution in [1.82, 2.24) is 0 Å². The third-order valence-electron chi connectivity index (χ3n) is 4.24. The highest BCUT2D eigenvalue weighted by Gasteiger charge is 2.07. The number of hydrogen-bond donors (Lipinski definition) is 3. The number of carbonyl (C=O) groups is 1. The Morgan fingerprint density at radius 2 is 1.52 bits per heavy atom. The largest absolute Gasteiger partial charge is 0.460 e. The summed E-state index contributed by atoms with van der Waals surface area (Å²) in [5.41, 5.74) is 0. The number of ether oxygens (including phenoxy) is 1. The molecular weight excluding hydrogens is 368 g/mol. The Hall–Kier alpha value is -2.21. The summed E-state index contributed by atoms with van der Waals surface area (Å²) in [6.07, 6.45) is 22.2. The standard InChI is InChI=1S/C24H34O5/c1-20-13-7-3-2-4-8-16-22(26)19-23(27)17-11-5-9-14-21(25)15-10-6-12-18-24(28)29-20/h2,4-6,8-12,14,16,18,20-23,25-27H,3,7,13,15,17,19H2,1H3/b4-2-,10-6-,11-5?,14-9?,16-8-,18-12?/t20-,21-,22+,23+/m1/s1. The van der Waals surface area contributed by atoms with Crippen molar-refractivity contribution in [3.8, 4) is 0 Å². The molecule has 1 aliphatic rings. The summed E-state index contributed by atoms with van der Waals surface area (Å²) in [6.45, 7) is 1.87. The smallest absolute Gasteiger partial charge is 0.331 e. The van der Waals surface area contributed by atoms with E-state index in [2.05, 4.69) is 0 Å². The number of rotatable bonds is 0. The minimum Gasteiger partial charge on any atom is -0.460 e. The second-order valence-corrected chi connectivity index (χ2v) is 7.09. The third kappa shape index (κ3) is 14.4. The van der Waals surface area contributed by atoms with Gasteiger partial charge < -0.3 is 20.1 Å². The van der Waals surface area contributed by atoms with Gasteiger partial charge in [-0.1, -0.05) is 66.8 Å². The van der Waals surface area contributed by atoms with Gasteiger partial charge in [0, 0.05) is 12.5 Å². The van der Waals surface area contributed by atoms with E-state index in [1.165, 1.54) is 6.08 Å². The molecule has 0 amide bonds. The van der Waals surface area contributed by atoms with Gasteiger partial charge in [-0.25, -0.2) is 4.79 Å². The van der Waals surface area contributed by atoms with Crippen LogP contribution in [0.25, 0.3) is 0 Å². The van der Waals surface area contributed by atoms with Crippen molar-refractivity contribution in [1.29, 1.82) is 0 Å². The average molecular weight is 403 g/mol. The van der Waals surface area contributed by atoms with Gasteiger partial charge in [0.1, 0.15) is 0 Å². The Kier molecular flexibility index (Phi) is 13.4. The SMILES string of the molecule is C[C@@H]1CCC/C=C\C=C/[C@H](O)C[C@@H](O)CC=CC=C[C@@H](O)C/C=C\C=CC(=O)O1. The second-order valence-electron chi connectivity index (χ2n) is 7.09. The zero-order valence-corrected chi connectivity index (χ0v) is 17.1. The fraction of sp³-hybridized carbons (Fsp3) is 0.458. The van der Waals surface area contributed by atoms with Gasteiger partial charge in [-0.2, -0.15) is 0 Å². The van der Waals surface area contributed by atoms with E-state index >= 15 is 0 Å². The maximum Gasteiger partial charge on any atom is 0.331 e. The highest BCUT2D eigenvalue weighted by atomic mass is 16.5. The van der Waals surface area contributed by atoms with Gasteiger partial charge in [-0.05, 0) is 39.0 Å². The monoisotopic (exact) mass is 402 g/mol. The predicted molar refractivity (Wildman–Crippen MR) is 116 cm³/mol. The van der Waals surface area contributed by atoms with E-state index in [0.717, 1.165) is 19.3 Å². The minimum absolute atomic E-state index is 0.158. The molecule has 29 heavy (non-hydrogen) atoms. The van der Waals surface area contributed by atoms with Gasteiger partial charge in [0.05, 0.1) is 24.4 Å². The van der Waals surface area contributed by atoms with Crippen LogP contribution in [-0.2, 0) is 9.53 Å². The Bertz CT molecular complexity index is 627. The first-order valence-corrected chi connectivity index (χ1v) is 10.2. The molecule has 4 atom stereocenters. The van der Waals surface area contributed by atoms with Crippen LogP contribution < -0.4 is 0 Å². The van der Waals surface area contributed by atoms with Gasteiger partial charge >= 0.3 is 5.97 Å². The lowest BCUT2D eigenvalue weighted by atomic mass is 10.1. The zero-order valence-electron chi connectivity index (χ0n) is 17.1. The van der Waals surface area contributed by atoms with Crippen LogP contribution in [0.3, 0.4) is 0 Å². The summed E-state index contributed by atoms with van der Waals surface area (Å²) < 4.78 is 5.31. The zero-order chi connectivity index (χ0) is 21.3. The lowest BCUT2D eigenvalue weighted by molar-refractivity contribution is -0.142. The van der Waals surface area contributed by atoms with Crippen LogP contribution in [-0.4, -0.2) is 45.7 Å². The van der Waals surface area contributed by atoms with Crippen LogP contribution in [0, 0.1) is 0 Å².